The molecule has 0 atom stereocenters. The van der Waals surface area contributed by atoms with Crippen molar-refractivity contribution in [2.45, 2.75) is 33.1 Å². The van der Waals surface area contributed by atoms with Gasteiger partial charge in [-0.05, 0) is 36.8 Å². The highest BCUT2D eigenvalue weighted by Gasteiger charge is 2.23. The van der Waals surface area contributed by atoms with Crippen molar-refractivity contribution in [3.63, 3.8) is 0 Å². The molecule has 3 aromatic rings. The summed E-state index contributed by atoms with van der Waals surface area (Å²) in [5.41, 5.74) is 4.27. The first kappa shape index (κ1) is 16.6. The highest BCUT2D eigenvalue weighted by Crippen LogP contribution is 2.44. The first-order chi connectivity index (χ1) is 12.7. The van der Waals surface area contributed by atoms with Gasteiger partial charge in [0.05, 0.1) is 0 Å². The SMILES string of the molecule is CCCCC1=C(c2ccc(C(C)=O)cc2)Oc2cccc3cccc1c23. The summed E-state index contributed by atoms with van der Waals surface area (Å²) in [4.78, 5) is 11.6. The molecule has 0 saturated carbocycles. The van der Waals surface area contributed by atoms with Gasteiger partial charge in [-0.3, -0.25) is 4.79 Å². The first-order valence-electron chi connectivity index (χ1n) is 9.23. The molecule has 0 spiro atoms. The minimum atomic E-state index is 0.0800. The van der Waals surface area contributed by atoms with Gasteiger partial charge in [-0.25, -0.2) is 0 Å². The second-order valence-corrected chi connectivity index (χ2v) is 6.81. The predicted molar refractivity (Wildman–Crippen MR) is 107 cm³/mol. The second kappa shape index (κ2) is 6.80. The van der Waals surface area contributed by atoms with Crippen molar-refractivity contribution in [3.05, 3.63) is 77.4 Å². The van der Waals surface area contributed by atoms with E-state index < -0.39 is 0 Å². The lowest BCUT2D eigenvalue weighted by Crippen LogP contribution is -2.07. The van der Waals surface area contributed by atoms with Gasteiger partial charge in [0.2, 0.25) is 0 Å². The summed E-state index contributed by atoms with van der Waals surface area (Å²) in [6.07, 6.45) is 3.23. The van der Waals surface area contributed by atoms with Gasteiger partial charge in [-0.2, -0.15) is 0 Å². The van der Waals surface area contributed by atoms with E-state index in [0.29, 0.717) is 0 Å². The average molecular weight is 342 g/mol. The van der Waals surface area contributed by atoms with Crippen molar-refractivity contribution in [1.82, 2.24) is 0 Å². The van der Waals surface area contributed by atoms with Gasteiger partial charge in [0, 0.05) is 22.1 Å². The highest BCUT2D eigenvalue weighted by atomic mass is 16.5. The molecule has 4 rings (SSSR count). The maximum absolute atomic E-state index is 11.6. The Bertz CT molecular complexity index is 1000. The summed E-state index contributed by atoms with van der Waals surface area (Å²) >= 11 is 0. The third kappa shape index (κ3) is 2.82. The van der Waals surface area contributed by atoms with Crippen LogP contribution in [0.3, 0.4) is 0 Å². The smallest absolute Gasteiger partial charge is 0.159 e. The Balaban J connectivity index is 1.90. The molecule has 1 heterocycles. The summed E-state index contributed by atoms with van der Waals surface area (Å²) in [5.74, 6) is 1.90. The van der Waals surface area contributed by atoms with Crippen LogP contribution in [0.15, 0.2) is 60.7 Å². The molecule has 0 amide bonds. The minimum absolute atomic E-state index is 0.0800. The van der Waals surface area contributed by atoms with Crippen LogP contribution in [-0.2, 0) is 0 Å². The lowest BCUT2D eigenvalue weighted by molar-refractivity contribution is 0.101. The lowest BCUT2D eigenvalue weighted by Gasteiger charge is -2.25. The van der Waals surface area contributed by atoms with E-state index in [1.165, 1.54) is 21.9 Å². The number of hydrogen-bond acceptors (Lipinski definition) is 2. The largest absolute Gasteiger partial charge is 0.456 e. The van der Waals surface area contributed by atoms with E-state index >= 15 is 0 Å². The molecule has 0 bridgehead atoms. The number of allylic oxidation sites excluding steroid dienone is 1. The maximum Gasteiger partial charge on any atom is 0.159 e. The molecule has 0 aliphatic carbocycles. The van der Waals surface area contributed by atoms with Gasteiger partial charge in [0.15, 0.2) is 5.78 Å². The molecule has 0 radical (unpaired) electrons. The Morgan fingerprint density at radius 1 is 0.962 bits per heavy atom. The fourth-order valence-electron chi connectivity index (χ4n) is 3.63. The van der Waals surface area contributed by atoms with Crippen molar-refractivity contribution in [3.8, 4) is 5.75 Å². The predicted octanol–water partition coefficient (Wildman–Crippen LogP) is 6.49. The van der Waals surface area contributed by atoms with E-state index in [9.17, 15) is 4.79 Å². The van der Waals surface area contributed by atoms with Gasteiger partial charge < -0.3 is 4.74 Å². The van der Waals surface area contributed by atoms with E-state index in [4.69, 9.17) is 4.74 Å². The van der Waals surface area contributed by atoms with Crippen LogP contribution in [-0.4, -0.2) is 5.78 Å². The molecular formula is C24H22O2. The Hall–Kier alpha value is -2.87. The fourth-order valence-corrected chi connectivity index (χ4v) is 3.63. The number of ether oxygens (including phenoxy) is 1. The van der Waals surface area contributed by atoms with Crippen molar-refractivity contribution >= 4 is 27.9 Å². The Labute approximate surface area is 154 Å². The van der Waals surface area contributed by atoms with Crippen molar-refractivity contribution in [2.24, 2.45) is 0 Å². The summed E-state index contributed by atoms with van der Waals surface area (Å²) in [6.45, 7) is 3.80. The Morgan fingerprint density at radius 2 is 1.69 bits per heavy atom. The molecule has 0 saturated heterocycles. The third-order valence-corrected chi connectivity index (χ3v) is 5.01. The summed E-state index contributed by atoms with van der Waals surface area (Å²) < 4.78 is 6.39. The van der Waals surface area contributed by atoms with Crippen molar-refractivity contribution in [1.29, 1.82) is 0 Å². The van der Waals surface area contributed by atoms with Gasteiger partial charge in [-0.15, -0.1) is 0 Å². The number of hydrogen-bond donors (Lipinski definition) is 0. The number of Topliss-reactive ketones (excluding diaryl/α,β-unsaturated/α-hetero) is 1. The van der Waals surface area contributed by atoms with Gasteiger partial charge >= 0.3 is 0 Å². The van der Waals surface area contributed by atoms with E-state index in [-0.39, 0.29) is 5.78 Å². The van der Waals surface area contributed by atoms with Crippen molar-refractivity contribution < 1.29 is 9.53 Å². The van der Waals surface area contributed by atoms with Crippen LogP contribution in [0, 0.1) is 0 Å². The van der Waals surface area contributed by atoms with Crippen LogP contribution < -0.4 is 4.74 Å². The quantitative estimate of drug-likeness (QED) is 0.495. The molecule has 2 nitrogen and oxygen atoms in total. The van der Waals surface area contributed by atoms with E-state index in [2.05, 4.69) is 31.2 Å². The fraction of sp³-hybridized carbons (Fsp3) is 0.208. The van der Waals surface area contributed by atoms with Crippen LogP contribution >= 0.6 is 0 Å². The van der Waals surface area contributed by atoms with E-state index in [1.54, 1.807) is 6.92 Å². The number of carbonyl (C=O) groups is 1. The van der Waals surface area contributed by atoms with Gasteiger partial charge in [-0.1, -0.05) is 67.9 Å². The van der Waals surface area contributed by atoms with Crippen LogP contribution in [0.1, 0.15) is 54.6 Å². The van der Waals surface area contributed by atoms with Crippen LogP contribution in [0.4, 0.5) is 0 Å². The van der Waals surface area contributed by atoms with Gasteiger partial charge in [0.1, 0.15) is 11.5 Å². The average Bonchev–Trinajstić information content (AvgIpc) is 2.67. The van der Waals surface area contributed by atoms with Crippen molar-refractivity contribution in [2.75, 3.05) is 0 Å². The number of benzene rings is 3. The zero-order chi connectivity index (χ0) is 18.1. The highest BCUT2D eigenvalue weighted by molar-refractivity contribution is 6.06. The number of rotatable bonds is 5. The summed E-state index contributed by atoms with van der Waals surface area (Å²) in [7, 11) is 0. The maximum atomic E-state index is 11.6. The molecule has 1 aliphatic heterocycles. The van der Waals surface area contributed by atoms with Crippen LogP contribution in [0.2, 0.25) is 0 Å². The molecule has 130 valence electrons. The monoisotopic (exact) mass is 342 g/mol. The minimum Gasteiger partial charge on any atom is -0.456 e. The molecule has 0 fully saturated rings. The van der Waals surface area contributed by atoms with E-state index in [0.717, 1.165) is 41.9 Å². The number of ketones is 1. The molecule has 0 N–H and O–H groups in total. The first-order valence-corrected chi connectivity index (χ1v) is 9.23. The topological polar surface area (TPSA) is 26.3 Å². The zero-order valence-electron chi connectivity index (χ0n) is 15.2. The molecule has 3 aromatic carbocycles. The zero-order valence-corrected chi connectivity index (χ0v) is 15.2. The van der Waals surface area contributed by atoms with Gasteiger partial charge in [0.25, 0.3) is 0 Å². The lowest BCUT2D eigenvalue weighted by atomic mass is 9.89. The normalized spacial score (nSPS) is 13.0. The molecule has 26 heavy (non-hydrogen) atoms. The second-order valence-electron chi connectivity index (χ2n) is 6.81. The molecular weight excluding hydrogens is 320 g/mol. The van der Waals surface area contributed by atoms with Crippen LogP contribution in [0.25, 0.3) is 22.1 Å². The Morgan fingerprint density at radius 3 is 2.38 bits per heavy atom. The standard InChI is InChI=1S/C24H22O2/c1-3-4-9-21-20-10-5-7-18-8-6-11-22(23(18)20)26-24(21)19-14-12-17(13-15-19)16(2)25/h5-8,10-15H,3-4,9H2,1-2H3. The molecule has 0 unspecified atom stereocenters. The van der Waals surface area contributed by atoms with E-state index in [1.807, 2.05) is 36.4 Å². The van der Waals surface area contributed by atoms with Crippen LogP contribution in [0.5, 0.6) is 5.75 Å². The summed E-state index contributed by atoms with van der Waals surface area (Å²) in [5, 5.41) is 2.41. The number of unbranched alkanes of at least 4 members (excludes halogenated alkanes) is 1. The Kier molecular flexibility index (Phi) is 4.34. The third-order valence-electron chi connectivity index (χ3n) is 5.01. The molecule has 0 aromatic heterocycles. The molecule has 2 heteroatoms. The number of carbonyl (C=O) groups excluding carboxylic acids is 1. The summed E-state index contributed by atoms with van der Waals surface area (Å²) in [6, 6.07) is 20.4. The molecule has 1 aliphatic rings.